The van der Waals surface area contributed by atoms with Crippen molar-refractivity contribution in [2.75, 3.05) is 15.8 Å². The van der Waals surface area contributed by atoms with Gasteiger partial charge in [-0.25, -0.2) is 27.2 Å². The van der Waals surface area contributed by atoms with Gasteiger partial charge in [0.05, 0.1) is 32.9 Å². The number of anilines is 2. The summed E-state index contributed by atoms with van der Waals surface area (Å²) >= 11 is 1.26. The summed E-state index contributed by atoms with van der Waals surface area (Å²) in [4.78, 5) is 20.9. The van der Waals surface area contributed by atoms with Gasteiger partial charge in [-0.3, -0.25) is 9.52 Å². The van der Waals surface area contributed by atoms with Crippen LogP contribution in [0, 0.1) is 11.6 Å². The average molecular weight is 440 g/mol. The minimum Gasteiger partial charge on any atom is -0.317 e. The van der Waals surface area contributed by atoms with Crippen LogP contribution in [0.5, 0.6) is 0 Å². The van der Waals surface area contributed by atoms with E-state index in [1.165, 1.54) is 23.0 Å². The van der Waals surface area contributed by atoms with Crippen LogP contribution >= 0.6 is 11.3 Å². The van der Waals surface area contributed by atoms with E-state index in [9.17, 15) is 22.0 Å². The molecule has 0 aliphatic carbocycles. The maximum atomic E-state index is 14.7. The minimum atomic E-state index is -3.79. The van der Waals surface area contributed by atoms with Crippen LogP contribution in [0.1, 0.15) is 36.3 Å². The number of hydrogen-bond acceptors (Lipinski definition) is 6. The summed E-state index contributed by atoms with van der Waals surface area (Å²) < 4.78 is 55.5. The Morgan fingerprint density at radius 2 is 1.97 bits per heavy atom. The highest BCUT2D eigenvalue weighted by Gasteiger charge is 2.22. The molecule has 0 saturated heterocycles. The van der Waals surface area contributed by atoms with Crippen molar-refractivity contribution >= 4 is 48.9 Å². The number of rotatable bonds is 7. The van der Waals surface area contributed by atoms with Crippen LogP contribution in [-0.2, 0) is 16.4 Å². The number of hydrogen-bond donors (Lipinski definition) is 2. The number of amides is 1. The Morgan fingerprint density at radius 1 is 1.21 bits per heavy atom. The van der Waals surface area contributed by atoms with Crippen LogP contribution in [0.25, 0.3) is 10.2 Å². The number of sulfonamides is 1. The Balaban J connectivity index is 1.94. The molecule has 154 valence electrons. The van der Waals surface area contributed by atoms with Crippen LogP contribution in [0.2, 0.25) is 0 Å². The normalized spacial score (nSPS) is 11.6. The van der Waals surface area contributed by atoms with Gasteiger partial charge in [-0.05, 0) is 25.0 Å². The fraction of sp³-hybridized carbons (Fsp3) is 0.278. The van der Waals surface area contributed by atoms with Crippen molar-refractivity contribution in [3.63, 3.8) is 0 Å². The van der Waals surface area contributed by atoms with E-state index < -0.39 is 38.9 Å². The minimum absolute atomic E-state index is 0.151. The lowest BCUT2D eigenvalue weighted by atomic mass is 10.2. The Kier molecular flexibility index (Phi) is 6.08. The van der Waals surface area contributed by atoms with Gasteiger partial charge in [0.25, 0.3) is 5.91 Å². The summed E-state index contributed by atoms with van der Waals surface area (Å²) in [7, 11) is -3.79. The van der Waals surface area contributed by atoms with Gasteiger partial charge in [0, 0.05) is 5.38 Å². The van der Waals surface area contributed by atoms with E-state index in [2.05, 4.69) is 20.0 Å². The first-order chi connectivity index (χ1) is 13.8. The third-order valence-corrected chi connectivity index (χ3v) is 6.57. The second-order valence-corrected chi connectivity index (χ2v) is 8.88. The molecule has 29 heavy (non-hydrogen) atoms. The second kappa shape index (κ2) is 8.37. The highest BCUT2D eigenvalue weighted by Crippen LogP contribution is 2.30. The van der Waals surface area contributed by atoms with Crippen molar-refractivity contribution < 1.29 is 22.0 Å². The van der Waals surface area contributed by atoms with Crippen molar-refractivity contribution in [1.82, 2.24) is 9.97 Å². The predicted octanol–water partition coefficient (Wildman–Crippen LogP) is 3.94. The molecule has 2 N–H and O–H groups in total. The molecular weight excluding hydrogens is 422 g/mol. The lowest BCUT2D eigenvalue weighted by Gasteiger charge is -2.12. The summed E-state index contributed by atoms with van der Waals surface area (Å²) in [5, 5.41) is 3.73. The summed E-state index contributed by atoms with van der Waals surface area (Å²) in [5.41, 5.74) is 0.123. The number of nitrogens with one attached hydrogen (secondary N) is 2. The molecule has 0 atom stereocenters. The fourth-order valence-corrected chi connectivity index (χ4v) is 4.92. The zero-order chi connectivity index (χ0) is 21.2. The van der Waals surface area contributed by atoms with Gasteiger partial charge in [0.2, 0.25) is 10.0 Å². The van der Waals surface area contributed by atoms with E-state index in [-0.39, 0.29) is 11.3 Å². The molecule has 1 aromatic carbocycles. The Labute approximate surface area is 170 Å². The maximum absolute atomic E-state index is 14.7. The lowest BCUT2D eigenvalue weighted by molar-refractivity contribution is 0.102. The van der Waals surface area contributed by atoms with Gasteiger partial charge in [0.1, 0.15) is 17.8 Å². The first kappa shape index (κ1) is 21.1. The first-order valence-corrected chi connectivity index (χ1v) is 11.3. The van der Waals surface area contributed by atoms with Crippen molar-refractivity contribution in [2.45, 2.75) is 26.7 Å². The van der Waals surface area contributed by atoms with Gasteiger partial charge in [-0.2, -0.15) is 0 Å². The molecule has 7 nitrogen and oxygen atoms in total. The maximum Gasteiger partial charge on any atom is 0.258 e. The largest absolute Gasteiger partial charge is 0.317 e. The van der Waals surface area contributed by atoms with Gasteiger partial charge in [-0.1, -0.05) is 13.8 Å². The number of nitrogens with zero attached hydrogens (tertiary/aromatic N) is 2. The number of carbonyl (C=O) groups excluding carboxylic acids is 1. The molecule has 0 aliphatic heterocycles. The van der Waals surface area contributed by atoms with E-state index in [1.807, 2.05) is 6.92 Å². The number of fused-ring (bicyclic) bond motifs is 1. The number of aryl methyl sites for hydroxylation is 1. The van der Waals surface area contributed by atoms with Gasteiger partial charge >= 0.3 is 0 Å². The Bertz CT molecular complexity index is 1180. The highest BCUT2D eigenvalue weighted by atomic mass is 32.2. The zero-order valence-electron chi connectivity index (χ0n) is 15.6. The molecule has 3 rings (SSSR count). The molecule has 2 heterocycles. The fourth-order valence-electron chi connectivity index (χ4n) is 2.73. The van der Waals surface area contributed by atoms with Crippen molar-refractivity contribution in [3.05, 3.63) is 46.7 Å². The van der Waals surface area contributed by atoms with E-state index in [4.69, 9.17) is 0 Å². The Hall–Kier alpha value is -2.66. The van der Waals surface area contributed by atoms with E-state index in [1.54, 1.807) is 6.92 Å². The molecule has 0 unspecified atom stereocenters. The van der Waals surface area contributed by atoms with Gasteiger partial charge in [-0.15, -0.1) is 11.3 Å². The molecule has 0 fully saturated rings. The van der Waals surface area contributed by atoms with Crippen LogP contribution in [0.3, 0.4) is 0 Å². The smallest absolute Gasteiger partial charge is 0.258 e. The number of aromatic nitrogens is 2. The molecule has 1 amide bonds. The van der Waals surface area contributed by atoms with Crippen LogP contribution in [-0.4, -0.2) is 30.0 Å². The van der Waals surface area contributed by atoms with Crippen molar-refractivity contribution in [2.24, 2.45) is 0 Å². The molecule has 0 saturated carbocycles. The monoisotopic (exact) mass is 440 g/mol. The number of thiophene rings is 1. The first-order valence-electron chi connectivity index (χ1n) is 8.78. The summed E-state index contributed by atoms with van der Waals surface area (Å²) in [6.07, 6.45) is 2.30. The molecule has 2 aromatic heterocycles. The topological polar surface area (TPSA) is 101 Å². The van der Waals surface area contributed by atoms with Crippen molar-refractivity contribution in [1.29, 1.82) is 0 Å². The quantitative estimate of drug-likeness (QED) is 0.580. The van der Waals surface area contributed by atoms with Gasteiger partial charge in [0.15, 0.2) is 5.82 Å². The lowest BCUT2D eigenvalue weighted by Crippen LogP contribution is -2.19. The zero-order valence-corrected chi connectivity index (χ0v) is 17.3. The third kappa shape index (κ3) is 4.35. The molecule has 0 bridgehead atoms. The molecule has 0 spiro atoms. The molecule has 3 aromatic rings. The highest BCUT2D eigenvalue weighted by molar-refractivity contribution is 7.92. The molecule has 11 heteroatoms. The van der Waals surface area contributed by atoms with E-state index >= 15 is 0 Å². The van der Waals surface area contributed by atoms with E-state index in [0.717, 1.165) is 22.5 Å². The Morgan fingerprint density at radius 3 is 2.66 bits per heavy atom. The molecular formula is C18H18F2N4O3S2. The predicted molar refractivity (Wildman–Crippen MR) is 109 cm³/mol. The standard InChI is InChI=1S/C18H18F2N4O3S2/c1-3-7-29(26,27)24-13-6-5-11(19)16(14(13)20)23-18(25)10-8-28-17-12(4-2)21-9-22-15(10)17/h5-6,8-9,24H,3-4,7H2,1-2H3,(H,23,25). The summed E-state index contributed by atoms with van der Waals surface area (Å²) in [6.45, 7) is 3.57. The number of benzene rings is 1. The van der Waals surface area contributed by atoms with E-state index in [0.29, 0.717) is 18.4 Å². The van der Waals surface area contributed by atoms with Gasteiger partial charge < -0.3 is 5.32 Å². The summed E-state index contributed by atoms with van der Waals surface area (Å²) in [5.74, 6) is -3.21. The summed E-state index contributed by atoms with van der Waals surface area (Å²) in [6, 6.07) is 1.85. The second-order valence-electron chi connectivity index (χ2n) is 6.16. The van der Waals surface area contributed by atoms with Crippen LogP contribution in [0.4, 0.5) is 20.2 Å². The van der Waals surface area contributed by atoms with Crippen LogP contribution < -0.4 is 10.0 Å². The number of halogens is 2. The van der Waals surface area contributed by atoms with Crippen LogP contribution in [0.15, 0.2) is 23.8 Å². The number of carbonyl (C=O) groups is 1. The average Bonchev–Trinajstić information content (AvgIpc) is 3.11. The SMILES string of the molecule is CCCS(=O)(=O)Nc1ccc(F)c(NC(=O)c2csc3c(CC)ncnc23)c1F. The molecule has 0 radical (unpaired) electrons. The molecule has 0 aliphatic rings. The van der Waals surface area contributed by atoms with Crippen molar-refractivity contribution in [3.8, 4) is 0 Å². The third-order valence-electron chi connectivity index (χ3n) is 4.07.